The quantitative estimate of drug-likeness (QED) is 0.837. The fourth-order valence-corrected chi connectivity index (χ4v) is 3.19. The van der Waals surface area contributed by atoms with Gasteiger partial charge in [-0.2, -0.15) is 0 Å². The number of rotatable bonds is 5. The van der Waals surface area contributed by atoms with E-state index in [1.165, 1.54) is 5.56 Å². The molecule has 1 amide bonds. The molecule has 2 aliphatic rings. The number of nitrogens with zero attached hydrogens (tertiary/aromatic N) is 2. The number of carbonyl (C=O) groups excluding carboxylic acids is 1. The fraction of sp³-hybridized carbons (Fsp3) is 0.588. The Hall–Kier alpha value is -1.59. The van der Waals surface area contributed by atoms with E-state index in [1.54, 1.807) is 4.90 Å². The van der Waals surface area contributed by atoms with Crippen molar-refractivity contribution >= 4 is 6.09 Å². The molecule has 1 aromatic rings. The highest BCUT2D eigenvalue weighted by Gasteiger charge is 2.27. The predicted octanol–water partition coefficient (Wildman–Crippen LogP) is 2.29. The van der Waals surface area contributed by atoms with Crippen LogP contribution in [0.1, 0.15) is 25.0 Å². The Bertz CT molecular complexity index is 494. The maximum absolute atomic E-state index is 11.4. The summed E-state index contributed by atoms with van der Waals surface area (Å²) in [6.45, 7) is 7.02. The normalized spacial score (nSPS) is 26.2. The topological polar surface area (TPSA) is 42.0 Å². The van der Waals surface area contributed by atoms with E-state index >= 15 is 0 Å². The zero-order valence-electron chi connectivity index (χ0n) is 13.1. The number of benzene rings is 1. The molecular weight excluding hydrogens is 280 g/mol. The van der Waals surface area contributed by atoms with Gasteiger partial charge in [0.25, 0.3) is 0 Å². The number of carbonyl (C=O) groups is 1. The molecule has 2 fully saturated rings. The third-order valence-electron chi connectivity index (χ3n) is 4.25. The van der Waals surface area contributed by atoms with Gasteiger partial charge in [-0.1, -0.05) is 30.3 Å². The van der Waals surface area contributed by atoms with E-state index in [0.29, 0.717) is 6.61 Å². The number of hydrogen-bond acceptors (Lipinski definition) is 4. The van der Waals surface area contributed by atoms with Crippen molar-refractivity contribution in [2.75, 3.05) is 39.3 Å². The van der Waals surface area contributed by atoms with Crippen LogP contribution in [-0.4, -0.2) is 61.3 Å². The second-order valence-electron chi connectivity index (χ2n) is 6.06. The highest BCUT2D eigenvalue weighted by Crippen LogP contribution is 2.25. The zero-order chi connectivity index (χ0) is 15.4. The maximum atomic E-state index is 11.4. The monoisotopic (exact) mass is 304 g/mol. The SMILES string of the molecule is CC1CN(CCCN2CCOC2=O)CC(c2ccccc2)O1. The third kappa shape index (κ3) is 3.78. The van der Waals surface area contributed by atoms with Gasteiger partial charge in [0, 0.05) is 26.2 Å². The molecule has 0 saturated carbocycles. The average Bonchev–Trinajstić information content (AvgIpc) is 2.93. The summed E-state index contributed by atoms with van der Waals surface area (Å²) in [5, 5.41) is 0. The molecule has 0 N–H and O–H groups in total. The van der Waals surface area contributed by atoms with E-state index in [1.807, 2.05) is 6.07 Å². The standard InChI is InChI=1S/C17H24N2O3/c1-14-12-18(8-5-9-19-10-11-21-17(19)20)13-16(22-14)15-6-3-2-4-7-15/h2-4,6-7,14,16H,5,8-13H2,1H3. The summed E-state index contributed by atoms with van der Waals surface area (Å²) in [5.74, 6) is 0. The molecule has 1 aromatic carbocycles. The Kier molecular flexibility index (Phi) is 4.95. The Labute approximate surface area is 131 Å². The van der Waals surface area contributed by atoms with Gasteiger partial charge >= 0.3 is 6.09 Å². The summed E-state index contributed by atoms with van der Waals surface area (Å²) >= 11 is 0. The molecular formula is C17H24N2O3. The fourth-order valence-electron chi connectivity index (χ4n) is 3.19. The summed E-state index contributed by atoms with van der Waals surface area (Å²) < 4.78 is 11.0. The van der Waals surface area contributed by atoms with Crippen LogP contribution in [0.3, 0.4) is 0 Å². The Balaban J connectivity index is 1.49. The van der Waals surface area contributed by atoms with Crippen molar-refractivity contribution in [3.8, 4) is 0 Å². The number of morpholine rings is 1. The van der Waals surface area contributed by atoms with Crippen LogP contribution < -0.4 is 0 Å². The van der Waals surface area contributed by atoms with Gasteiger partial charge in [-0.3, -0.25) is 4.90 Å². The Morgan fingerprint density at radius 2 is 2.00 bits per heavy atom. The average molecular weight is 304 g/mol. The number of cyclic esters (lactones) is 1. The van der Waals surface area contributed by atoms with Crippen molar-refractivity contribution < 1.29 is 14.3 Å². The summed E-state index contributed by atoms with van der Waals surface area (Å²) in [4.78, 5) is 15.6. The number of hydrogen-bond donors (Lipinski definition) is 0. The molecule has 2 heterocycles. The molecule has 2 atom stereocenters. The van der Waals surface area contributed by atoms with Crippen LogP contribution in [0.25, 0.3) is 0 Å². The molecule has 0 radical (unpaired) electrons. The molecule has 2 unspecified atom stereocenters. The van der Waals surface area contributed by atoms with E-state index in [4.69, 9.17) is 9.47 Å². The lowest BCUT2D eigenvalue weighted by Gasteiger charge is -2.37. The van der Waals surface area contributed by atoms with Crippen LogP contribution in [-0.2, 0) is 9.47 Å². The molecule has 0 aliphatic carbocycles. The van der Waals surface area contributed by atoms with Crippen LogP contribution in [0, 0.1) is 0 Å². The lowest BCUT2D eigenvalue weighted by molar-refractivity contribution is -0.0792. The largest absolute Gasteiger partial charge is 0.448 e. The van der Waals surface area contributed by atoms with Gasteiger partial charge in [0.15, 0.2) is 0 Å². The molecule has 2 aliphatic heterocycles. The van der Waals surface area contributed by atoms with Gasteiger partial charge in [-0.25, -0.2) is 4.79 Å². The molecule has 22 heavy (non-hydrogen) atoms. The van der Waals surface area contributed by atoms with E-state index < -0.39 is 0 Å². The van der Waals surface area contributed by atoms with E-state index in [9.17, 15) is 4.79 Å². The lowest BCUT2D eigenvalue weighted by Crippen LogP contribution is -2.43. The second-order valence-corrected chi connectivity index (χ2v) is 6.06. The summed E-state index contributed by atoms with van der Waals surface area (Å²) in [6.07, 6.45) is 1.18. The first-order valence-electron chi connectivity index (χ1n) is 8.07. The second kappa shape index (κ2) is 7.11. The summed E-state index contributed by atoms with van der Waals surface area (Å²) in [5.41, 5.74) is 1.24. The van der Waals surface area contributed by atoms with Crippen molar-refractivity contribution in [1.82, 2.24) is 9.80 Å². The van der Waals surface area contributed by atoms with E-state index in [2.05, 4.69) is 36.1 Å². The molecule has 0 bridgehead atoms. The predicted molar refractivity (Wildman–Crippen MR) is 83.7 cm³/mol. The van der Waals surface area contributed by atoms with Gasteiger partial charge in [-0.05, 0) is 18.9 Å². The first kappa shape index (κ1) is 15.3. The smallest absolute Gasteiger partial charge is 0.409 e. The van der Waals surface area contributed by atoms with Crippen LogP contribution in [0.4, 0.5) is 4.79 Å². The first-order valence-corrected chi connectivity index (χ1v) is 8.07. The zero-order valence-corrected chi connectivity index (χ0v) is 13.1. The summed E-state index contributed by atoms with van der Waals surface area (Å²) in [7, 11) is 0. The maximum Gasteiger partial charge on any atom is 0.409 e. The minimum Gasteiger partial charge on any atom is -0.448 e. The van der Waals surface area contributed by atoms with Gasteiger partial charge < -0.3 is 14.4 Å². The molecule has 0 spiro atoms. The number of ether oxygens (including phenoxy) is 2. The highest BCUT2D eigenvalue weighted by molar-refractivity contribution is 5.69. The van der Waals surface area contributed by atoms with Crippen LogP contribution in [0.2, 0.25) is 0 Å². The molecule has 0 aromatic heterocycles. The minimum absolute atomic E-state index is 0.140. The van der Waals surface area contributed by atoms with Crippen molar-refractivity contribution in [3.05, 3.63) is 35.9 Å². The van der Waals surface area contributed by atoms with Crippen molar-refractivity contribution in [3.63, 3.8) is 0 Å². The molecule has 5 nitrogen and oxygen atoms in total. The van der Waals surface area contributed by atoms with Gasteiger partial charge in [0.2, 0.25) is 0 Å². The van der Waals surface area contributed by atoms with Crippen LogP contribution in [0.5, 0.6) is 0 Å². The number of amides is 1. The van der Waals surface area contributed by atoms with Crippen molar-refractivity contribution in [1.29, 1.82) is 0 Å². The minimum atomic E-state index is -0.169. The van der Waals surface area contributed by atoms with Gasteiger partial charge in [0.05, 0.1) is 18.8 Å². The van der Waals surface area contributed by atoms with Crippen molar-refractivity contribution in [2.45, 2.75) is 25.6 Å². The molecule has 5 heteroatoms. The van der Waals surface area contributed by atoms with Crippen LogP contribution in [0.15, 0.2) is 30.3 Å². The van der Waals surface area contributed by atoms with Gasteiger partial charge in [-0.15, -0.1) is 0 Å². The lowest BCUT2D eigenvalue weighted by atomic mass is 10.1. The molecule has 2 saturated heterocycles. The molecule has 120 valence electrons. The third-order valence-corrected chi connectivity index (χ3v) is 4.25. The summed E-state index contributed by atoms with van der Waals surface area (Å²) in [6, 6.07) is 10.4. The highest BCUT2D eigenvalue weighted by atomic mass is 16.6. The van der Waals surface area contributed by atoms with Gasteiger partial charge in [0.1, 0.15) is 6.61 Å². The van der Waals surface area contributed by atoms with Crippen molar-refractivity contribution in [2.24, 2.45) is 0 Å². The molecule has 3 rings (SSSR count). The van der Waals surface area contributed by atoms with E-state index in [-0.39, 0.29) is 18.3 Å². The first-order chi connectivity index (χ1) is 10.7. The van der Waals surface area contributed by atoms with E-state index in [0.717, 1.165) is 39.1 Å². The van der Waals surface area contributed by atoms with Crippen LogP contribution >= 0.6 is 0 Å². The Morgan fingerprint density at radius 3 is 2.73 bits per heavy atom. The Morgan fingerprint density at radius 1 is 1.18 bits per heavy atom.